The van der Waals surface area contributed by atoms with Crippen molar-refractivity contribution < 1.29 is 4.79 Å². The molecule has 1 aliphatic heterocycles. The molecule has 1 aromatic heterocycles. The van der Waals surface area contributed by atoms with Gasteiger partial charge in [-0.05, 0) is 48.3 Å². The number of hydrogen-bond donors (Lipinski definition) is 3. The van der Waals surface area contributed by atoms with Gasteiger partial charge in [0.2, 0.25) is 0 Å². The Bertz CT molecular complexity index is 506. The summed E-state index contributed by atoms with van der Waals surface area (Å²) in [5.74, 6) is -0.147. The van der Waals surface area contributed by atoms with Crippen LogP contribution in [0.25, 0.3) is 0 Å². The zero-order valence-electron chi connectivity index (χ0n) is 10.5. The summed E-state index contributed by atoms with van der Waals surface area (Å²) >= 11 is 3.12. The van der Waals surface area contributed by atoms with Gasteiger partial charge >= 0.3 is 0 Å². The van der Waals surface area contributed by atoms with Crippen molar-refractivity contribution in [2.75, 3.05) is 6.54 Å². The van der Waals surface area contributed by atoms with Crippen molar-refractivity contribution >= 4 is 34.2 Å². The lowest BCUT2D eigenvalue weighted by molar-refractivity contribution is 0.0925. The molecule has 2 atom stereocenters. The second kappa shape index (κ2) is 7.07. The third-order valence-electron chi connectivity index (χ3n) is 3.08. The van der Waals surface area contributed by atoms with Crippen LogP contribution in [0.5, 0.6) is 0 Å². The molecule has 1 amide bonds. The van der Waals surface area contributed by atoms with Crippen molar-refractivity contribution in [1.29, 1.82) is 0 Å². The van der Waals surface area contributed by atoms with E-state index in [-0.39, 0.29) is 29.9 Å². The van der Waals surface area contributed by atoms with E-state index in [2.05, 4.69) is 38.5 Å². The largest absolute Gasteiger partial charge is 0.349 e. The molecule has 5 nitrogen and oxygen atoms in total. The van der Waals surface area contributed by atoms with E-state index in [0.717, 1.165) is 19.4 Å². The number of aromatic nitrogens is 1. The van der Waals surface area contributed by atoms with Gasteiger partial charge in [-0.15, -0.1) is 12.4 Å². The maximum atomic E-state index is 12.0. The van der Waals surface area contributed by atoms with Gasteiger partial charge in [0, 0.05) is 18.3 Å². The number of halogens is 2. The first-order chi connectivity index (χ1) is 8.56. The summed E-state index contributed by atoms with van der Waals surface area (Å²) in [5.41, 5.74) is 0.231. The Morgan fingerprint density at radius 2 is 2.26 bits per heavy atom. The summed E-state index contributed by atoms with van der Waals surface area (Å²) in [7, 11) is 0. The Morgan fingerprint density at radius 1 is 1.53 bits per heavy atom. The average Bonchev–Trinajstić information content (AvgIpc) is 2.32. The Kier molecular flexibility index (Phi) is 6.03. The fraction of sp³-hybridized carbons (Fsp3) is 0.500. The number of nitrogens with one attached hydrogen (secondary N) is 3. The van der Waals surface area contributed by atoms with Crippen LogP contribution < -0.4 is 16.2 Å². The molecule has 0 bridgehead atoms. The lowest BCUT2D eigenvalue weighted by Crippen LogP contribution is -2.46. The molecule has 1 fully saturated rings. The number of rotatable bonds is 2. The van der Waals surface area contributed by atoms with Gasteiger partial charge in [0.05, 0.1) is 10.0 Å². The molecule has 1 saturated heterocycles. The van der Waals surface area contributed by atoms with Crippen LogP contribution in [0.1, 0.15) is 30.1 Å². The summed E-state index contributed by atoms with van der Waals surface area (Å²) in [6.07, 6.45) is 3.30. The van der Waals surface area contributed by atoms with Crippen LogP contribution in [-0.2, 0) is 0 Å². The first kappa shape index (κ1) is 16.2. The lowest BCUT2D eigenvalue weighted by atomic mass is 10.0. The summed E-state index contributed by atoms with van der Waals surface area (Å²) in [4.78, 5) is 25.7. The van der Waals surface area contributed by atoms with E-state index in [9.17, 15) is 9.59 Å². The van der Waals surface area contributed by atoms with E-state index in [0.29, 0.717) is 16.1 Å². The van der Waals surface area contributed by atoms with Gasteiger partial charge in [-0.2, -0.15) is 0 Å². The molecule has 7 heteroatoms. The number of amides is 1. The minimum absolute atomic E-state index is 0. The van der Waals surface area contributed by atoms with Crippen LogP contribution in [0.3, 0.4) is 0 Å². The molecule has 1 aromatic rings. The normalized spacial score (nSPS) is 22.4. The van der Waals surface area contributed by atoms with Gasteiger partial charge in [-0.25, -0.2) is 0 Å². The minimum atomic E-state index is -0.234. The summed E-state index contributed by atoms with van der Waals surface area (Å²) in [6.45, 7) is 3.02. The van der Waals surface area contributed by atoms with Gasteiger partial charge in [0.15, 0.2) is 0 Å². The van der Waals surface area contributed by atoms with E-state index >= 15 is 0 Å². The highest BCUT2D eigenvalue weighted by Crippen LogP contribution is 2.10. The monoisotopic (exact) mass is 349 g/mol. The van der Waals surface area contributed by atoms with Crippen LogP contribution in [0.2, 0.25) is 0 Å². The summed E-state index contributed by atoms with van der Waals surface area (Å²) < 4.78 is 0.369. The zero-order valence-corrected chi connectivity index (χ0v) is 12.9. The third kappa shape index (κ3) is 4.33. The molecule has 19 heavy (non-hydrogen) atoms. The van der Waals surface area contributed by atoms with Crippen LogP contribution in [0.15, 0.2) is 21.5 Å². The van der Waals surface area contributed by atoms with Gasteiger partial charge in [-0.1, -0.05) is 0 Å². The van der Waals surface area contributed by atoms with Crippen molar-refractivity contribution in [2.45, 2.75) is 31.8 Å². The summed E-state index contributed by atoms with van der Waals surface area (Å²) in [6, 6.07) is 2.16. The lowest BCUT2D eigenvalue weighted by Gasteiger charge is -2.28. The van der Waals surface area contributed by atoms with Gasteiger partial charge in [0.25, 0.3) is 11.5 Å². The van der Waals surface area contributed by atoms with E-state index in [1.165, 1.54) is 6.20 Å². The molecular weight excluding hydrogens is 334 g/mol. The van der Waals surface area contributed by atoms with Crippen molar-refractivity contribution in [2.24, 2.45) is 0 Å². The molecule has 2 rings (SSSR count). The highest BCUT2D eigenvalue weighted by molar-refractivity contribution is 9.10. The molecule has 0 saturated carbocycles. The number of carbonyl (C=O) groups is 1. The van der Waals surface area contributed by atoms with E-state index < -0.39 is 0 Å². The van der Waals surface area contributed by atoms with Crippen molar-refractivity contribution in [3.8, 4) is 0 Å². The fourth-order valence-electron chi connectivity index (χ4n) is 2.12. The maximum absolute atomic E-state index is 12.0. The zero-order chi connectivity index (χ0) is 13.1. The molecular formula is C12H17BrClN3O2. The highest BCUT2D eigenvalue weighted by Gasteiger charge is 2.20. The van der Waals surface area contributed by atoms with Gasteiger partial charge in [-0.3, -0.25) is 9.59 Å². The molecule has 2 heterocycles. The van der Waals surface area contributed by atoms with Crippen molar-refractivity contribution in [3.05, 3.63) is 32.7 Å². The number of pyridine rings is 1. The first-order valence-electron chi connectivity index (χ1n) is 5.98. The minimum Gasteiger partial charge on any atom is -0.349 e. The molecule has 0 radical (unpaired) electrons. The summed E-state index contributed by atoms with van der Waals surface area (Å²) in [5, 5.41) is 6.33. The van der Waals surface area contributed by atoms with E-state index in [4.69, 9.17) is 0 Å². The number of H-pyrrole nitrogens is 1. The number of hydrogen-bond acceptors (Lipinski definition) is 3. The fourth-order valence-corrected chi connectivity index (χ4v) is 2.48. The third-order valence-corrected chi connectivity index (χ3v) is 3.67. The second-order valence-corrected chi connectivity index (χ2v) is 5.47. The molecule has 3 N–H and O–H groups in total. The Morgan fingerprint density at radius 3 is 2.89 bits per heavy atom. The Balaban J connectivity index is 0.00000180. The predicted molar refractivity (Wildman–Crippen MR) is 80.0 cm³/mol. The standard InChI is InChI=1S/C12H16BrN3O2.ClH/c1-7-4-9(2-3-14-7)16-11(17)8-5-10(13)12(18)15-6-8;/h5-7,9,14H,2-4H2,1H3,(H,15,18)(H,16,17);1H. The second-order valence-electron chi connectivity index (χ2n) is 4.62. The molecule has 106 valence electrons. The molecule has 1 aliphatic rings. The highest BCUT2D eigenvalue weighted by atomic mass is 79.9. The maximum Gasteiger partial charge on any atom is 0.262 e. The number of aromatic amines is 1. The number of piperidine rings is 1. The van der Waals surface area contributed by atoms with Crippen molar-refractivity contribution in [3.63, 3.8) is 0 Å². The Labute approximate surface area is 126 Å². The average molecular weight is 351 g/mol. The topological polar surface area (TPSA) is 74.0 Å². The van der Waals surface area contributed by atoms with E-state index in [1.54, 1.807) is 6.07 Å². The SMILES string of the molecule is CC1CC(NC(=O)c2c[nH]c(=O)c(Br)c2)CCN1.Cl. The quantitative estimate of drug-likeness (QED) is 0.755. The van der Waals surface area contributed by atoms with Crippen molar-refractivity contribution in [1.82, 2.24) is 15.6 Å². The van der Waals surface area contributed by atoms with Crippen LogP contribution in [-0.4, -0.2) is 29.5 Å². The van der Waals surface area contributed by atoms with Crippen LogP contribution in [0, 0.1) is 0 Å². The van der Waals surface area contributed by atoms with E-state index in [1.807, 2.05) is 0 Å². The van der Waals surface area contributed by atoms with Crippen LogP contribution in [0.4, 0.5) is 0 Å². The molecule has 0 aliphatic carbocycles. The van der Waals surface area contributed by atoms with Gasteiger partial charge < -0.3 is 15.6 Å². The molecule has 2 unspecified atom stereocenters. The predicted octanol–water partition coefficient (Wildman–Crippen LogP) is 1.43. The first-order valence-corrected chi connectivity index (χ1v) is 6.78. The molecule has 0 spiro atoms. The van der Waals surface area contributed by atoms with Gasteiger partial charge in [0.1, 0.15) is 0 Å². The smallest absolute Gasteiger partial charge is 0.262 e. The molecule has 0 aromatic carbocycles. The van der Waals surface area contributed by atoms with Crippen LogP contribution >= 0.6 is 28.3 Å². The Hall–Kier alpha value is -0.850. The number of carbonyl (C=O) groups excluding carboxylic acids is 1.